The van der Waals surface area contributed by atoms with Crippen LogP contribution >= 0.6 is 0 Å². The fraction of sp³-hybridized carbons (Fsp3) is 0.100. The molecule has 0 saturated carbocycles. The van der Waals surface area contributed by atoms with Gasteiger partial charge in [-0.25, -0.2) is 4.79 Å². The fourth-order valence-electron chi connectivity index (χ4n) is 4.89. The van der Waals surface area contributed by atoms with Crippen LogP contribution < -0.4 is 4.74 Å². The van der Waals surface area contributed by atoms with Gasteiger partial charge in [-0.3, -0.25) is 0 Å². The molecule has 5 rings (SSSR count). The first-order valence-electron chi connectivity index (χ1n) is 11.1. The maximum Gasteiger partial charge on any atom is 0.338 e. The molecule has 0 bridgehead atoms. The van der Waals surface area contributed by atoms with E-state index < -0.39 is 11.4 Å². The van der Waals surface area contributed by atoms with Gasteiger partial charge in [0.25, 0.3) is 0 Å². The monoisotopic (exact) mass is 448 g/mol. The number of carbonyl (C=O) groups excluding carboxylic acids is 1. The topological polar surface area (TPSA) is 66.8 Å². The predicted molar refractivity (Wildman–Crippen MR) is 132 cm³/mol. The Morgan fingerprint density at radius 3 is 1.91 bits per heavy atom. The summed E-state index contributed by atoms with van der Waals surface area (Å²) in [5, 5.41) is 20.1. The average molecular weight is 449 g/mol. The van der Waals surface area contributed by atoms with Crippen molar-refractivity contribution in [3.63, 3.8) is 0 Å². The van der Waals surface area contributed by atoms with Crippen molar-refractivity contribution in [3.8, 4) is 28.4 Å². The number of hydrogen-bond acceptors (Lipinski definition) is 4. The number of esters is 1. The van der Waals surface area contributed by atoms with E-state index in [9.17, 15) is 15.0 Å². The van der Waals surface area contributed by atoms with Crippen LogP contribution in [-0.2, 0) is 10.2 Å². The molecule has 168 valence electrons. The van der Waals surface area contributed by atoms with E-state index in [1.54, 1.807) is 44.2 Å². The van der Waals surface area contributed by atoms with Crippen molar-refractivity contribution in [2.75, 3.05) is 0 Å². The molecule has 1 aliphatic rings. The molecule has 0 aliphatic heterocycles. The summed E-state index contributed by atoms with van der Waals surface area (Å²) in [6.07, 6.45) is 1.73. The highest BCUT2D eigenvalue weighted by atomic mass is 16.5. The SMILES string of the molecule is CC=C(C)C(=O)Oc1cccc2c1C(c1ccc(O)cc1)(c1ccc(O)cc1)c1ccccc1-2. The minimum atomic E-state index is -0.825. The summed E-state index contributed by atoms with van der Waals surface area (Å²) < 4.78 is 5.98. The number of aromatic hydroxyl groups is 2. The van der Waals surface area contributed by atoms with Crippen molar-refractivity contribution in [2.45, 2.75) is 19.3 Å². The molecule has 0 atom stereocenters. The van der Waals surface area contributed by atoms with Gasteiger partial charge in [0.15, 0.2) is 0 Å². The minimum Gasteiger partial charge on any atom is -0.508 e. The molecule has 1 aliphatic carbocycles. The molecule has 4 aromatic rings. The fourth-order valence-corrected chi connectivity index (χ4v) is 4.89. The highest BCUT2D eigenvalue weighted by Gasteiger charge is 2.48. The molecule has 34 heavy (non-hydrogen) atoms. The molecule has 2 N–H and O–H groups in total. The van der Waals surface area contributed by atoms with Gasteiger partial charge in [0.1, 0.15) is 17.2 Å². The Balaban J connectivity index is 1.90. The summed E-state index contributed by atoms with van der Waals surface area (Å²) in [6.45, 7) is 3.53. The van der Waals surface area contributed by atoms with Gasteiger partial charge >= 0.3 is 5.97 Å². The summed E-state index contributed by atoms with van der Waals surface area (Å²) in [4.78, 5) is 12.8. The van der Waals surface area contributed by atoms with Crippen molar-refractivity contribution in [1.29, 1.82) is 0 Å². The zero-order valence-electron chi connectivity index (χ0n) is 18.9. The van der Waals surface area contributed by atoms with Gasteiger partial charge < -0.3 is 14.9 Å². The van der Waals surface area contributed by atoms with Crippen LogP contribution in [0.2, 0.25) is 0 Å². The molecule has 0 saturated heterocycles. The second-order valence-corrected chi connectivity index (χ2v) is 8.43. The van der Waals surface area contributed by atoms with Crippen LogP contribution in [0.5, 0.6) is 17.2 Å². The van der Waals surface area contributed by atoms with E-state index >= 15 is 0 Å². The minimum absolute atomic E-state index is 0.166. The molecule has 0 amide bonds. The molecule has 4 aromatic carbocycles. The summed E-state index contributed by atoms with van der Waals surface area (Å²) in [6, 6.07) is 28.1. The number of benzene rings is 4. The van der Waals surface area contributed by atoms with Crippen molar-refractivity contribution in [2.24, 2.45) is 0 Å². The molecule has 0 radical (unpaired) electrons. The molecule has 0 unspecified atom stereocenters. The van der Waals surface area contributed by atoms with E-state index in [1.807, 2.05) is 54.6 Å². The van der Waals surface area contributed by atoms with Crippen LogP contribution in [0.4, 0.5) is 0 Å². The number of allylic oxidation sites excluding steroid dienone is 1. The van der Waals surface area contributed by atoms with Crippen LogP contribution in [0, 0.1) is 0 Å². The van der Waals surface area contributed by atoms with Crippen LogP contribution in [0.3, 0.4) is 0 Å². The summed E-state index contributed by atoms with van der Waals surface area (Å²) in [5.41, 5.74) is 5.42. The number of carbonyl (C=O) groups is 1. The number of ether oxygens (including phenoxy) is 1. The predicted octanol–water partition coefficient (Wildman–Crippen LogP) is 6.33. The first kappa shape index (κ1) is 21.5. The normalized spacial score (nSPS) is 13.8. The summed E-state index contributed by atoms with van der Waals surface area (Å²) >= 11 is 0. The van der Waals surface area contributed by atoms with Gasteiger partial charge in [-0.1, -0.05) is 66.7 Å². The Morgan fingerprint density at radius 2 is 1.32 bits per heavy atom. The molecule has 0 aromatic heterocycles. The summed E-state index contributed by atoms with van der Waals surface area (Å²) in [7, 11) is 0. The highest BCUT2D eigenvalue weighted by molar-refractivity contribution is 5.93. The molecule has 4 nitrogen and oxygen atoms in total. The van der Waals surface area contributed by atoms with Crippen molar-refractivity contribution in [3.05, 3.63) is 125 Å². The number of rotatable bonds is 4. The lowest BCUT2D eigenvalue weighted by Crippen LogP contribution is -2.29. The molecule has 4 heteroatoms. The number of fused-ring (bicyclic) bond motifs is 3. The molecular weight excluding hydrogens is 424 g/mol. The lowest BCUT2D eigenvalue weighted by atomic mass is 9.67. The Bertz CT molecular complexity index is 1370. The van der Waals surface area contributed by atoms with Gasteiger partial charge in [0.2, 0.25) is 0 Å². The van der Waals surface area contributed by atoms with Crippen LogP contribution in [-0.4, -0.2) is 16.2 Å². The highest BCUT2D eigenvalue weighted by Crippen LogP contribution is 2.59. The largest absolute Gasteiger partial charge is 0.508 e. The van der Waals surface area contributed by atoms with Gasteiger partial charge in [-0.15, -0.1) is 0 Å². The van der Waals surface area contributed by atoms with E-state index in [1.165, 1.54) is 0 Å². The second-order valence-electron chi connectivity index (χ2n) is 8.43. The van der Waals surface area contributed by atoms with E-state index in [0.29, 0.717) is 11.3 Å². The van der Waals surface area contributed by atoms with Crippen molar-refractivity contribution < 1.29 is 19.7 Å². The van der Waals surface area contributed by atoms with Gasteiger partial charge in [0.05, 0.1) is 5.41 Å². The standard InChI is InChI=1S/C30H24O4/c1-3-19(2)29(33)34-27-10-6-8-25-24-7-4-5-9-26(24)30(28(25)27,20-11-15-22(31)16-12-20)21-13-17-23(32)18-14-21/h3-18,31-32H,1-2H3. The average Bonchev–Trinajstić information content (AvgIpc) is 3.17. The Labute approximate surface area is 198 Å². The number of phenolic OH excluding ortho intramolecular Hbond substituents is 2. The summed E-state index contributed by atoms with van der Waals surface area (Å²) in [5.74, 6) is 0.400. The third-order valence-electron chi connectivity index (χ3n) is 6.58. The van der Waals surface area contributed by atoms with Gasteiger partial charge in [0, 0.05) is 11.1 Å². The van der Waals surface area contributed by atoms with Crippen LogP contribution in [0.1, 0.15) is 36.1 Å². The second kappa shape index (κ2) is 8.23. The smallest absolute Gasteiger partial charge is 0.338 e. The zero-order valence-corrected chi connectivity index (χ0v) is 18.9. The van der Waals surface area contributed by atoms with E-state index in [0.717, 1.165) is 33.4 Å². The van der Waals surface area contributed by atoms with E-state index in [2.05, 4.69) is 12.1 Å². The Morgan fingerprint density at radius 1 is 0.765 bits per heavy atom. The van der Waals surface area contributed by atoms with Crippen molar-refractivity contribution >= 4 is 5.97 Å². The van der Waals surface area contributed by atoms with Crippen LogP contribution in [0.25, 0.3) is 11.1 Å². The van der Waals surface area contributed by atoms with Crippen molar-refractivity contribution in [1.82, 2.24) is 0 Å². The zero-order chi connectivity index (χ0) is 23.9. The maximum absolute atomic E-state index is 12.8. The number of hydrogen-bond donors (Lipinski definition) is 2. The lowest BCUT2D eigenvalue weighted by molar-refractivity contribution is -0.130. The molecule has 0 spiro atoms. The number of phenols is 2. The maximum atomic E-state index is 12.8. The molecule has 0 heterocycles. The Hall–Kier alpha value is -4.31. The quantitative estimate of drug-likeness (QED) is 0.191. The van der Waals surface area contributed by atoms with Crippen LogP contribution in [0.15, 0.2) is 103 Å². The van der Waals surface area contributed by atoms with E-state index in [-0.39, 0.29) is 11.5 Å². The molecule has 0 fully saturated rings. The third kappa shape index (κ3) is 3.19. The van der Waals surface area contributed by atoms with Gasteiger partial charge in [-0.2, -0.15) is 0 Å². The first-order valence-corrected chi connectivity index (χ1v) is 11.1. The molecular formula is C30H24O4. The van der Waals surface area contributed by atoms with E-state index in [4.69, 9.17) is 4.74 Å². The Kier molecular flexibility index (Phi) is 5.21. The lowest BCUT2D eigenvalue weighted by Gasteiger charge is -2.34. The van der Waals surface area contributed by atoms with Gasteiger partial charge in [-0.05, 0) is 72.0 Å². The first-order chi connectivity index (χ1) is 16.5. The third-order valence-corrected chi connectivity index (χ3v) is 6.58.